The summed E-state index contributed by atoms with van der Waals surface area (Å²) in [6.07, 6.45) is 0.613. The van der Waals surface area contributed by atoms with Crippen LogP contribution in [0.5, 0.6) is 0 Å². The van der Waals surface area contributed by atoms with Gasteiger partial charge in [0, 0.05) is 6.54 Å². The average Bonchev–Trinajstić information content (AvgIpc) is 2.73. The molecule has 0 aliphatic carbocycles. The molecule has 0 spiro atoms. The Morgan fingerprint density at radius 3 is 1.88 bits per heavy atom. The zero-order chi connectivity index (χ0) is 25.6. The molecule has 0 aliphatic heterocycles. The van der Waals surface area contributed by atoms with Crippen LogP contribution in [0.25, 0.3) is 0 Å². The van der Waals surface area contributed by atoms with E-state index in [-0.39, 0.29) is 25.3 Å². The van der Waals surface area contributed by atoms with Gasteiger partial charge in [0.25, 0.3) is 0 Å². The van der Waals surface area contributed by atoms with Crippen molar-refractivity contribution in [2.45, 2.75) is 76.2 Å². The summed E-state index contributed by atoms with van der Waals surface area (Å²) in [6, 6.07) is -4.57. The highest BCUT2D eigenvalue weighted by Crippen LogP contribution is 2.06. The number of nitrogens with one attached hydrogen (secondary N) is 3. The summed E-state index contributed by atoms with van der Waals surface area (Å²) in [5, 5.41) is 25.9. The molecule has 14 nitrogen and oxygen atoms in total. The van der Waals surface area contributed by atoms with Gasteiger partial charge in [-0.05, 0) is 52.5 Å². The van der Waals surface area contributed by atoms with Gasteiger partial charge in [-0.2, -0.15) is 0 Å². The zero-order valence-corrected chi connectivity index (χ0v) is 19.1. The van der Waals surface area contributed by atoms with Gasteiger partial charge in [-0.15, -0.1) is 0 Å². The Labute approximate surface area is 192 Å². The second-order valence-corrected chi connectivity index (χ2v) is 7.69. The lowest BCUT2D eigenvalue weighted by molar-refractivity contribution is -0.141. The second-order valence-electron chi connectivity index (χ2n) is 7.69. The summed E-state index contributed by atoms with van der Waals surface area (Å²) in [6.45, 7) is 3.20. The molecule has 0 aromatic rings. The molecule has 0 aromatic carbocycles. The van der Waals surface area contributed by atoms with E-state index >= 15 is 0 Å². The number of carbonyl (C=O) groups is 4. The molecular formula is C19H38N8O6. The maximum absolute atomic E-state index is 12.9. The van der Waals surface area contributed by atoms with Gasteiger partial charge in [0.05, 0.1) is 6.10 Å². The number of aliphatic hydroxyl groups excluding tert-OH is 1. The van der Waals surface area contributed by atoms with Crippen LogP contribution in [0.1, 0.15) is 46.0 Å². The van der Waals surface area contributed by atoms with Crippen molar-refractivity contribution in [2.24, 2.45) is 27.9 Å². The number of hydrogen-bond donors (Lipinski definition) is 9. The van der Waals surface area contributed by atoms with Gasteiger partial charge in [0.1, 0.15) is 24.2 Å². The van der Waals surface area contributed by atoms with Crippen LogP contribution in [-0.4, -0.2) is 83.2 Å². The van der Waals surface area contributed by atoms with Crippen molar-refractivity contribution in [1.82, 2.24) is 16.0 Å². The van der Waals surface area contributed by atoms with E-state index in [1.165, 1.54) is 13.8 Å². The van der Waals surface area contributed by atoms with E-state index in [1.807, 2.05) is 0 Å². The van der Waals surface area contributed by atoms with Crippen molar-refractivity contribution in [3.05, 3.63) is 0 Å². The van der Waals surface area contributed by atoms with E-state index in [9.17, 15) is 24.3 Å². The lowest BCUT2D eigenvalue weighted by Gasteiger charge is -2.25. The van der Waals surface area contributed by atoms with E-state index in [1.54, 1.807) is 0 Å². The van der Waals surface area contributed by atoms with Crippen LogP contribution in [-0.2, 0) is 19.2 Å². The maximum atomic E-state index is 12.9. The third kappa shape index (κ3) is 12.6. The lowest BCUT2D eigenvalue weighted by atomic mass is 10.0. The summed E-state index contributed by atoms with van der Waals surface area (Å²) < 4.78 is 0. The molecule has 190 valence electrons. The normalized spacial score (nSPS) is 15.3. The fourth-order valence-electron chi connectivity index (χ4n) is 2.67. The van der Waals surface area contributed by atoms with E-state index < -0.39 is 54.0 Å². The molecule has 13 N–H and O–H groups in total. The van der Waals surface area contributed by atoms with Crippen molar-refractivity contribution in [2.75, 3.05) is 13.1 Å². The van der Waals surface area contributed by atoms with Crippen LogP contribution in [0.3, 0.4) is 0 Å². The van der Waals surface area contributed by atoms with Gasteiger partial charge in [0.2, 0.25) is 17.7 Å². The highest BCUT2D eigenvalue weighted by atomic mass is 16.4. The van der Waals surface area contributed by atoms with Crippen LogP contribution < -0.4 is 38.9 Å². The Balaban J connectivity index is 5.44. The molecule has 3 amide bonds. The lowest BCUT2D eigenvalue weighted by Crippen LogP contribution is -2.57. The van der Waals surface area contributed by atoms with Crippen molar-refractivity contribution in [3.63, 3.8) is 0 Å². The molecule has 0 heterocycles. The van der Waals surface area contributed by atoms with Crippen LogP contribution in [0, 0.1) is 0 Å². The molecule has 0 fully saturated rings. The van der Waals surface area contributed by atoms with E-state index in [4.69, 9.17) is 28.0 Å². The number of nitrogens with zero attached hydrogens (tertiary/aromatic N) is 1. The van der Waals surface area contributed by atoms with Gasteiger partial charge >= 0.3 is 5.97 Å². The van der Waals surface area contributed by atoms with Crippen LogP contribution >= 0.6 is 0 Å². The number of aliphatic hydroxyl groups is 1. The average molecular weight is 475 g/mol. The standard InChI is InChI=1S/C19H38N8O6/c1-10(18(32)33)25-15(29)13(7-5-9-24-19(22)23)26-16(30)12(6-3-4-8-20)27-17(31)14(21)11(2)28/h10-14,28H,3-9,20-21H2,1-2H3,(H,25,29)(H,26,30)(H,27,31)(H,32,33)(H4,22,23,24). The molecule has 0 aromatic heterocycles. The van der Waals surface area contributed by atoms with Crippen molar-refractivity contribution in [3.8, 4) is 0 Å². The van der Waals surface area contributed by atoms with Crippen molar-refractivity contribution >= 4 is 29.7 Å². The number of hydrogen-bond acceptors (Lipinski definition) is 8. The van der Waals surface area contributed by atoms with E-state index in [0.29, 0.717) is 25.8 Å². The summed E-state index contributed by atoms with van der Waals surface area (Å²) in [5.41, 5.74) is 21.7. The summed E-state index contributed by atoms with van der Waals surface area (Å²) in [4.78, 5) is 52.7. The first-order chi connectivity index (χ1) is 15.4. The zero-order valence-electron chi connectivity index (χ0n) is 19.1. The van der Waals surface area contributed by atoms with E-state index in [2.05, 4.69) is 20.9 Å². The largest absolute Gasteiger partial charge is 0.480 e. The van der Waals surface area contributed by atoms with Gasteiger partial charge in [-0.3, -0.25) is 24.2 Å². The number of rotatable bonds is 16. The van der Waals surface area contributed by atoms with Gasteiger partial charge in [0.15, 0.2) is 5.96 Å². The quantitative estimate of drug-likeness (QED) is 0.0603. The first-order valence-corrected chi connectivity index (χ1v) is 10.7. The second kappa shape index (κ2) is 15.8. The Hall–Kier alpha value is -2.97. The van der Waals surface area contributed by atoms with Crippen molar-refractivity contribution in [1.29, 1.82) is 0 Å². The molecule has 0 saturated heterocycles. The molecule has 0 aliphatic rings. The first kappa shape index (κ1) is 30.0. The molecule has 0 bridgehead atoms. The highest BCUT2D eigenvalue weighted by Gasteiger charge is 2.29. The predicted octanol–water partition coefficient (Wildman–Crippen LogP) is -3.56. The number of amides is 3. The number of nitrogens with two attached hydrogens (primary N) is 4. The topological polar surface area (TPSA) is 261 Å². The monoisotopic (exact) mass is 474 g/mol. The van der Waals surface area contributed by atoms with Gasteiger partial charge in [-0.25, -0.2) is 0 Å². The van der Waals surface area contributed by atoms with Gasteiger partial charge < -0.3 is 49.1 Å². The molecular weight excluding hydrogens is 436 g/mol. The minimum absolute atomic E-state index is 0.108. The van der Waals surface area contributed by atoms with Crippen LogP contribution in [0.2, 0.25) is 0 Å². The Morgan fingerprint density at radius 2 is 1.39 bits per heavy atom. The molecule has 5 unspecified atom stereocenters. The number of unbranched alkanes of at least 4 members (excludes halogenated alkanes) is 1. The third-order valence-electron chi connectivity index (χ3n) is 4.71. The minimum Gasteiger partial charge on any atom is -0.480 e. The fourth-order valence-corrected chi connectivity index (χ4v) is 2.67. The van der Waals surface area contributed by atoms with E-state index in [0.717, 1.165) is 0 Å². The van der Waals surface area contributed by atoms with Crippen molar-refractivity contribution < 1.29 is 29.4 Å². The summed E-state index contributed by atoms with van der Waals surface area (Å²) >= 11 is 0. The first-order valence-electron chi connectivity index (χ1n) is 10.7. The maximum Gasteiger partial charge on any atom is 0.325 e. The number of aliphatic carboxylic acids is 1. The third-order valence-corrected chi connectivity index (χ3v) is 4.71. The Morgan fingerprint density at radius 1 is 0.879 bits per heavy atom. The van der Waals surface area contributed by atoms with Crippen LogP contribution in [0.4, 0.5) is 0 Å². The molecule has 33 heavy (non-hydrogen) atoms. The molecule has 0 rings (SSSR count). The predicted molar refractivity (Wildman–Crippen MR) is 122 cm³/mol. The molecule has 14 heteroatoms. The number of carboxylic acids is 1. The molecule has 5 atom stereocenters. The fraction of sp³-hybridized carbons (Fsp3) is 0.737. The molecule has 0 radical (unpaired) electrons. The number of guanidine groups is 1. The Bertz CT molecular complexity index is 683. The number of carboxylic acid groups (broad SMARTS) is 1. The van der Waals surface area contributed by atoms with Crippen LogP contribution in [0.15, 0.2) is 4.99 Å². The summed E-state index contributed by atoms with van der Waals surface area (Å²) in [5.74, 6) is -3.48. The Kier molecular flexibility index (Phi) is 14.4. The minimum atomic E-state index is -1.25. The molecule has 0 saturated carbocycles. The SMILES string of the molecule is CC(NC(=O)C(CCCN=C(N)N)NC(=O)C(CCCCN)NC(=O)C(N)C(C)O)C(=O)O. The summed E-state index contributed by atoms with van der Waals surface area (Å²) in [7, 11) is 0. The highest BCUT2D eigenvalue weighted by molar-refractivity contribution is 5.94. The number of aliphatic imine (C=N–C) groups is 1. The smallest absolute Gasteiger partial charge is 0.325 e. The number of carbonyl (C=O) groups excluding carboxylic acids is 3. The van der Waals surface area contributed by atoms with Gasteiger partial charge in [-0.1, -0.05) is 0 Å².